The number of thiophene rings is 1. The number of nitriles is 1. The van der Waals surface area contributed by atoms with Gasteiger partial charge in [-0.15, -0.1) is 11.3 Å². The van der Waals surface area contributed by atoms with Gasteiger partial charge in [0.2, 0.25) is 0 Å². The molecule has 3 N–H and O–H groups in total. The van der Waals surface area contributed by atoms with Gasteiger partial charge in [0.15, 0.2) is 5.82 Å². The second-order valence-electron chi connectivity index (χ2n) is 13.3. The van der Waals surface area contributed by atoms with Crippen molar-refractivity contribution < 1.29 is 17.9 Å². The molecule has 3 aliphatic heterocycles. The summed E-state index contributed by atoms with van der Waals surface area (Å²) in [5, 5.41) is 14.4. The Morgan fingerprint density at radius 2 is 1.93 bits per heavy atom. The van der Waals surface area contributed by atoms with E-state index in [0.29, 0.717) is 55.9 Å². The van der Waals surface area contributed by atoms with Crippen molar-refractivity contribution in [3.63, 3.8) is 0 Å². The molecule has 5 heterocycles. The van der Waals surface area contributed by atoms with E-state index in [0.717, 1.165) is 56.5 Å². The highest BCUT2D eigenvalue weighted by Gasteiger charge is 2.41. The Bertz CT molecular complexity index is 1900. The first-order valence-electron chi connectivity index (χ1n) is 15.8. The maximum Gasteiger partial charge on any atom is 0.319 e. The fourth-order valence-electron chi connectivity index (χ4n) is 7.84. The van der Waals surface area contributed by atoms with E-state index in [1.807, 2.05) is 6.07 Å². The SMILES string of the molecule is N#Cc1c(N)sc2c(F)ccc(-c3c(Cl)cc4c(N5CC6CCC(C5)N6)nc(OCC5(CN6CC[C@@H](F)C6)CCC5)nc4c3F)c12. The van der Waals surface area contributed by atoms with Gasteiger partial charge >= 0.3 is 6.01 Å². The molecule has 0 spiro atoms. The fourth-order valence-corrected chi connectivity index (χ4v) is 9.08. The minimum absolute atomic E-state index is 0.00900. The van der Waals surface area contributed by atoms with Crippen LogP contribution in [0.4, 0.5) is 24.0 Å². The largest absolute Gasteiger partial charge is 0.463 e. The molecule has 3 atom stereocenters. The summed E-state index contributed by atoms with van der Waals surface area (Å²) in [5.74, 6) is -0.709. The number of fused-ring (bicyclic) bond motifs is 4. The molecule has 2 aromatic carbocycles. The number of nitrogens with one attached hydrogen (secondary N) is 1. The second-order valence-corrected chi connectivity index (χ2v) is 14.8. The van der Waals surface area contributed by atoms with Crippen LogP contribution in [0.1, 0.15) is 44.1 Å². The third-order valence-corrected chi connectivity index (χ3v) is 11.6. The molecule has 8 nitrogen and oxygen atoms in total. The summed E-state index contributed by atoms with van der Waals surface area (Å²) in [6, 6.07) is 7.02. The van der Waals surface area contributed by atoms with E-state index >= 15 is 4.39 Å². The van der Waals surface area contributed by atoms with E-state index in [4.69, 9.17) is 27.1 Å². The first kappa shape index (κ1) is 30.0. The van der Waals surface area contributed by atoms with Crippen LogP contribution in [0.5, 0.6) is 6.01 Å². The molecule has 240 valence electrons. The van der Waals surface area contributed by atoms with Crippen LogP contribution >= 0.6 is 22.9 Å². The first-order chi connectivity index (χ1) is 22.2. The zero-order valence-corrected chi connectivity index (χ0v) is 26.7. The van der Waals surface area contributed by atoms with Gasteiger partial charge in [-0.1, -0.05) is 24.1 Å². The standard InChI is InChI=1S/C33H33ClF3N7OS/c34-23-10-21-28(27(37)26(23)20-4-5-24(36)29-25(20)22(11-38)30(39)46-29)41-32(42-31(21)44-13-18-2-3-19(14-44)40-18)45-16-33(7-1-8-33)15-43-9-6-17(35)12-43/h4-5,10,17-19,40H,1-3,6-9,12-16,39H2/t17-,18?,19?/m1/s1. The third kappa shape index (κ3) is 5.03. The van der Waals surface area contributed by atoms with Crippen molar-refractivity contribution in [2.45, 2.75) is 56.8 Å². The summed E-state index contributed by atoms with van der Waals surface area (Å²) in [6.45, 7) is 3.67. The van der Waals surface area contributed by atoms with Gasteiger partial charge in [-0.3, -0.25) is 4.90 Å². The number of benzene rings is 2. The quantitative estimate of drug-likeness (QED) is 0.233. The van der Waals surface area contributed by atoms with E-state index < -0.39 is 17.8 Å². The van der Waals surface area contributed by atoms with Gasteiger partial charge in [0.05, 0.1) is 21.9 Å². The molecule has 1 aliphatic carbocycles. The van der Waals surface area contributed by atoms with Crippen LogP contribution in [0, 0.1) is 28.4 Å². The van der Waals surface area contributed by atoms with Gasteiger partial charge < -0.3 is 20.7 Å². The van der Waals surface area contributed by atoms with E-state index in [-0.39, 0.29) is 53.7 Å². The van der Waals surface area contributed by atoms with Crippen molar-refractivity contribution in [1.82, 2.24) is 20.2 Å². The zero-order valence-electron chi connectivity index (χ0n) is 25.1. The van der Waals surface area contributed by atoms with Crippen molar-refractivity contribution >= 4 is 54.7 Å². The molecule has 0 radical (unpaired) electrons. The van der Waals surface area contributed by atoms with Gasteiger partial charge in [0.25, 0.3) is 0 Å². The van der Waals surface area contributed by atoms with Crippen LogP contribution in [-0.4, -0.2) is 72.5 Å². The molecule has 4 aliphatic rings. The Hall–Kier alpha value is -3.37. The molecular weight excluding hydrogens is 635 g/mol. The van der Waals surface area contributed by atoms with Crippen molar-refractivity contribution in [2.75, 3.05) is 50.0 Å². The maximum absolute atomic E-state index is 16.9. The van der Waals surface area contributed by atoms with Crippen LogP contribution in [0.15, 0.2) is 18.2 Å². The van der Waals surface area contributed by atoms with E-state index in [2.05, 4.69) is 20.1 Å². The molecule has 4 aromatic rings. The Balaban J connectivity index is 1.24. The van der Waals surface area contributed by atoms with Crippen molar-refractivity contribution in [1.29, 1.82) is 5.26 Å². The van der Waals surface area contributed by atoms with Crippen molar-refractivity contribution in [3.05, 3.63) is 40.4 Å². The number of hydrogen-bond donors (Lipinski definition) is 2. The fraction of sp³-hybridized carbons (Fsp3) is 0.485. The van der Waals surface area contributed by atoms with Crippen molar-refractivity contribution in [2.24, 2.45) is 5.41 Å². The summed E-state index contributed by atoms with van der Waals surface area (Å²) in [4.78, 5) is 13.8. The molecule has 4 fully saturated rings. The van der Waals surface area contributed by atoms with Crippen LogP contribution in [-0.2, 0) is 0 Å². The summed E-state index contributed by atoms with van der Waals surface area (Å²) in [5.41, 5.74) is 6.33. The van der Waals surface area contributed by atoms with Gasteiger partial charge in [-0.25, -0.2) is 13.2 Å². The molecule has 46 heavy (non-hydrogen) atoms. The Labute approximate surface area is 273 Å². The molecule has 0 amide bonds. The van der Waals surface area contributed by atoms with Crippen LogP contribution in [0.25, 0.3) is 32.1 Å². The Morgan fingerprint density at radius 3 is 2.61 bits per heavy atom. The number of piperazine rings is 1. The lowest BCUT2D eigenvalue weighted by Crippen LogP contribution is -2.51. The lowest BCUT2D eigenvalue weighted by molar-refractivity contribution is 0.0196. The highest BCUT2D eigenvalue weighted by atomic mass is 35.5. The molecule has 2 bridgehead atoms. The number of aromatic nitrogens is 2. The molecule has 3 saturated heterocycles. The monoisotopic (exact) mass is 667 g/mol. The second kappa shape index (κ2) is 11.4. The van der Waals surface area contributed by atoms with Gasteiger partial charge in [0.1, 0.15) is 34.4 Å². The average Bonchev–Trinajstić information content (AvgIpc) is 3.70. The number of alkyl halides is 1. The number of hydrogen-bond acceptors (Lipinski definition) is 9. The lowest BCUT2D eigenvalue weighted by Gasteiger charge is -2.43. The highest BCUT2D eigenvalue weighted by Crippen LogP contribution is 2.47. The van der Waals surface area contributed by atoms with Crippen LogP contribution in [0.2, 0.25) is 5.02 Å². The molecule has 2 unspecified atom stereocenters. The van der Waals surface area contributed by atoms with Gasteiger partial charge in [0, 0.05) is 66.6 Å². The maximum atomic E-state index is 16.9. The average molecular weight is 668 g/mol. The smallest absolute Gasteiger partial charge is 0.319 e. The zero-order chi connectivity index (χ0) is 31.7. The number of anilines is 2. The van der Waals surface area contributed by atoms with E-state index in [1.165, 1.54) is 12.1 Å². The Morgan fingerprint density at radius 1 is 1.15 bits per heavy atom. The summed E-state index contributed by atoms with van der Waals surface area (Å²) < 4.78 is 52.2. The summed E-state index contributed by atoms with van der Waals surface area (Å²) in [6.07, 6.45) is 4.86. The normalized spacial score (nSPS) is 24.1. The van der Waals surface area contributed by atoms with Gasteiger partial charge in [-0.2, -0.15) is 15.2 Å². The molecule has 13 heteroatoms. The topological polar surface area (TPSA) is 103 Å². The van der Waals surface area contributed by atoms with Crippen LogP contribution in [0.3, 0.4) is 0 Å². The summed E-state index contributed by atoms with van der Waals surface area (Å²) >= 11 is 7.80. The van der Waals surface area contributed by atoms with E-state index in [1.54, 1.807) is 6.07 Å². The number of nitrogens with two attached hydrogens (primary N) is 1. The first-order valence-corrected chi connectivity index (χ1v) is 17.0. The minimum atomic E-state index is -0.792. The van der Waals surface area contributed by atoms with Crippen LogP contribution < -0.4 is 20.7 Å². The Kier molecular flexibility index (Phi) is 7.44. The van der Waals surface area contributed by atoms with E-state index in [9.17, 15) is 14.0 Å². The molecule has 2 aromatic heterocycles. The van der Waals surface area contributed by atoms with Crippen molar-refractivity contribution in [3.8, 4) is 23.2 Å². The number of likely N-dealkylation sites (tertiary alicyclic amines) is 1. The third-order valence-electron chi connectivity index (χ3n) is 10.3. The number of ether oxygens (including phenoxy) is 1. The molecule has 1 saturated carbocycles. The number of halogens is 4. The minimum Gasteiger partial charge on any atom is -0.463 e. The molecule has 8 rings (SSSR count). The number of nitrogens with zero attached hydrogens (tertiary/aromatic N) is 5. The lowest BCUT2D eigenvalue weighted by atomic mass is 9.69. The number of nitrogen functional groups attached to an aromatic ring is 1. The highest BCUT2D eigenvalue weighted by molar-refractivity contribution is 7.23. The predicted octanol–water partition coefficient (Wildman–Crippen LogP) is 6.43. The molecular formula is C33H33ClF3N7OS. The number of rotatable bonds is 7. The van der Waals surface area contributed by atoms with Gasteiger partial charge in [-0.05, 0) is 49.8 Å². The summed E-state index contributed by atoms with van der Waals surface area (Å²) in [7, 11) is 0. The predicted molar refractivity (Wildman–Crippen MR) is 174 cm³/mol.